The van der Waals surface area contributed by atoms with Gasteiger partial charge in [-0.05, 0) is 44.2 Å². The maximum Gasteiger partial charge on any atom is 0.198 e. The molecule has 0 unspecified atom stereocenters. The number of hydrogen-bond donors (Lipinski definition) is 0. The van der Waals surface area contributed by atoms with Gasteiger partial charge >= 0.3 is 0 Å². The third kappa shape index (κ3) is 3.41. The van der Waals surface area contributed by atoms with Crippen molar-refractivity contribution in [1.82, 2.24) is 0 Å². The molecule has 0 fully saturated rings. The van der Waals surface area contributed by atoms with Gasteiger partial charge in [0.1, 0.15) is 5.75 Å². The van der Waals surface area contributed by atoms with Gasteiger partial charge in [-0.3, -0.25) is 4.79 Å². The molecule has 0 aliphatic rings. The van der Waals surface area contributed by atoms with Crippen LogP contribution in [0.15, 0.2) is 46.9 Å². The zero-order chi connectivity index (χ0) is 14.7. The number of carbonyl (C=O) groups excluding carboxylic acids is 1. The Labute approximate surface area is 131 Å². The summed E-state index contributed by atoms with van der Waals surface area (Å²) in [4.78, 5) is 12.6. The van der Waals surface area contributed by atoms with E-state index in [9.17, 15) is 4.79 Å². The molecule has 4 heteroatoms. The Morgan fingerprint density at radius 3 is 2.50 bits per heavy atom. The van der Waals surface area contributed by atoms with Crippen LogP contribution in [-0.2, 0) is 0 Å². The summed E-state index contributed by atoms with van der Waals surface area (Å²) in [7, 11) is 0. The monoisotopic (exact) mass is 352 g/mol. The Kier molecular flexibility index (Phi) is 4.84. The predicted octanol–water partition coefficient (Wildman–Crippen LogP) is 5.12. The van der Waals surface area contributed by atoms with E-state index >= 15 is 0 Å². The molecule has 2 aromatic rings. The van der Waals surface area contributed by atoms with Crippen molar-refractivity contribution in [1.29, 1.82) is 0 Å². The minimum Gasteiger partial charge on any atom is -0.490 e. The molecule has 0 heterocycles. The molecule has 0 aromatic heterocycles. The molecule has 2 rings (SSSR count). The van der Waals surface area contributed by atoms with Crippen LogP contribution in [0.4, 0.5) is 0 Å². The fourth-order valence-corrected chi connectivity index (χ4v) is 2.59. The molecule has 0 bridgehead atoms. The maximum absolute atomic E-state index is 12.6. The third-order valence-corrected chi connectivity index (χ3v) is 3.48. The van der Waals surface area contributed by atoms with E-state index in [1.807, 2.05) is 26.0 Å². The van der Waals surface area contributed by atoms with Gasteiger partial charge in [-0.15, -0.1) is 0 Å². The fraction of sp³-hybridized carbons (Fsp3) is 0.188. The number of benzene rings is 2. The molecule has 2 nitrogen and oxygen atoms in total. The molecule has 0 N–H and O–H groups in total. The molecule has 0 amide bonds. The van der Waals surface area contributed by atoms with Gasteiger partial charge in [0, 0.05) is 10.0 Å². The number of carbonyl (C=O) groups is 1. The largest absolute Gasteiger partial charge is 0.490 e. The molecular formula is C16H14BrClO2. The van der Waals surface area contributed by atoms with Gasteiger partial charge in [-0.25, -0.2) is 0 Å². The zero-order valence-electron chi connectivity index (χ0n) is 11.2. The van der Waals surface area contributed by atoms with Gasteiger partial charge < -0.3 is 4.74 Å². The first-order valence-corrected chi connectivity index (χ1v) is 7.41. The highest BCUT2D eigenvalue weighted by molar-refractivity contribution is 9.10. The van der Waals surface area contributed by atoms with E-state index in [4.69, 9.17) is 16.3 Å². The molecule has 2 aromatic carbocycles. The topological polar surface area (TPSA) is 26.3 Å². The summed E-state index contributed by atoms with van der Waals surface area (Å²) in [5.41, 5.74) is 0.986. The number of para-hydroxylation sites is 1. The smallest absolute Gasteiger partial charge is 0.198 e. The lowest BCUT2D eigenvalue weighted by molar-refractivity contribution is 0.103. The first kappa shape index (κ1) is 15.1. The molecular weight excluding hydrogens is 340 g/mol. The summed E-state index contributed by atoms with van der Waals surface area (Å²) in [6, 6.07) is 12.4. The van der Waals surface area contributed by atoms with Crippen molar-refractivity contribution < 1.29 is 9.53 Å². The van der Waals surface area contributed by atoms with Gasteiger partial charge in [-0.2, -0.15) is 0 Å². The van der Waals surface area contributed by atoms with Gasteiger partial charge in [0.25, 0.3) is 0 Å². The molecule has 0 radical (unpaired) electrons. The van der Waals surface area contributed by atoms with Crippen LogP contribution in [0.25, 0.3) is 0 Å². The van der Waals surface area contributed by atoms with Crippen LogP contribution in [0.5, 0.6) is 5.75 Å². The van der Waals surface area contributed by atoms with Crippen molar-refractivity contribution in [2.75, 3.05) is 0 Å². The predicted molar refractivity (Wildman–Crippen MR) is 84.8 cm³/mol. The highest BCUT2D eigenvalue weighted by Gasteiger charge is 2.17. The number of rotatable bonds is 4. The first-order valence-electron chi connectivity index (χ1n) is 6.24. The minimum absolute atomic E-state index is 0.00402. The standard InChI is InChI=1S/C16H14BrClO2/c1-10(2)20-15-6-4-3-5-13(15)16(19)12-8-7-11(17)9-14(12)18/h3-10H,1-2H3. The Bertz CT molecular complexity index is 638. The van der Waals surface area contributed by atoms with Crippen molar-refractivity contribution in [2.45, 2.75) is 20.0 Å². The van der Waals surface area contributed by atoms with Crippen molar-refractivity contribution in [3.05, 3.63) is 63.1 Å². The summed E-state index contributed by atoms with van der Waals surface area (Å²) in [6.07, 6.45) is 0.00402. The maximum atomic E-state index is 12.6. The van der Waals surface area contributed by atoms with Crippen molar-refractivity contribution in [3.63, 3.8) is 0 Å². The molecule has 20 heavy (non-hydrogen) atoms. The van der Waals surface area contributed by atoms with Crippen LogP contribution in [-0.4, -0.2) is 11.9 Å². The molecule has 0 spiro atoms. The number of ketones is 1. The van der Waals surface area contributed by atoms with Crippen LogP contribution in [0.3, 0.4) is 0 Å². The van der Waals surface area contributed by atoms with Crippen molar-refractivity contribution in [2.24, 2.45) is 0 Å². The second kappa shape index (κ2) is 6.42. The van der Waals surface area contributed by atoms with E-state index in [0.717, 1.165) is 4.47 Å². The van der Waals surface area contributed by atoms with E-state index in [1.165, 1.54) is 0 Å². The van der Waals surface area contributed by atoms with Crippen LogP contribution >= 0.6 is 27.5 Å². The lowest BCUT2D eigenvalue weighted by Gasteiger charge is -2.14. The van der Waals surface area contributed by atoms with Crippen molar-refractivity contribution in [3.8, 4) is 5.75 Å². The Morgan fingerprint density at radius 1 is 1.15 bits per heavy atom. The molecule has 0 aliphatic heterocycles. The quantitative estimate of drug-likeness (QED) is 0.713. The Hall–Kier alpha value is -1.32. The summed E-state index contributed by atoms with van der Waals surface area (Å²) in [5, 5.41) is 0.420. The van der Waals surface area contributed by atoms with Crippen LogP contribution in [0, 0.1) is 0 Å². The summed E-state index contributed by atoms with van der Waals surface area (Å²) in [6.45, 7) is 3.85. The number of ether oxygens (including phenoxy) is 1. The molecule has 104 valence electrons. The van der Waals surface area contributed by atoms with Gasteiger partial charge in [0.15, 0.2) is 5.78 Å². The normalized spacial score (nSPS) is 10.7. The van der Waals surface area contributed by atoms with Crippen molar-refractivity contribution >= 4 is 33.3 Å². The van der Waals surface area contributed by atoms with Gasteiger partial charge in [0.05, 0.1) is 16.7 Å². The highest BCUT2D eigenvalue weighted by atomic mass is 79.9. The zero-order valence-corrected chi connectivity index (χ0v) is 13.5. The van der Waals surface area contributed by atoms with E-state index < -0.39 is 0 Å². The molecule has 0 aliphatic carbocycles. The van der Waals surface area contributed by atoms with E-state index in [0.29, 0.717) is 21.9 Å². The Balaban J connectivity index is 2.43. The third-order valence-electron chi connectivity index (χ3n) is 2.67. The summed E-state index contributed by atoms with van der Waals surface area (Å²) in [5.74, 6) is 0.435. The molecule has 0 atom stereocenters. The minimum atomic E-state index is -0.140. The average molecular weight is 354 g/mol. The summed E-state index contributed by atoms with van der Waals surface area (Å²) >= 11 is 9.47. The van der Waals surface area contributed by atoms with E-state index in [2.05, 4.69) is 15.9 Å². The molecule has 0 saturated carbocycles. The lowest BCUT2D eigenvalue weighted by Crippen LogP contribution is -2.11. The molecule has 0 saturated heterocycles. The SMILES string of the molecule is CC(C)Oc1ccccc1C(=O)c1ccc(Br)cc1Cl. The number of hydrogen-bond acceptors (Lipinski definition) is 2. The van der Waals surface area contributed by atoms with Gasteiger partial charge in [-0.1, -0.05) is 39.7 Å². The Morgan fingerprint density at radius 2 is 1.85 bits per heavy atom. The van der Waals surface area contributed by atoms with Gasteiger partial charge in [0.2, 0.25) is 0 Å². The van der Waals surface area contributed by atoms with Crippen LogP contribution in [0.1, 0.15) is 29.8 Å². The summed E-state index contributed by atoms with van der Waals surface area (Å²) < 4.78 is 6.52. The second-order valence-corrected chi connectivity index (χ2v) is 5.94. The highest BCUT2D eigenvalue weighted by Crippen LogP contribution is 2.27. The van der Waals surface area contributed by atoms with Crippen LogP contribution < -0.4 is 4.74 Å². The van der Waals surface area contributed by atoms with Crippen LogP contribution in [0.2, 0.25) is 5.02 Å². The first-order chi connectivity index (χ1) is 9.49. The average Bonchev–Trinajstić information content (AvgIpc) is 2.38. The lowest BCUT2D eigenvalue weighted by atomic mass is 10.0. The fourth-order valence-electron chi connectivity index (χ4n) is 1.83. The second-order valence-electron chi connectivity index (χ2n) is 4.62. The van der Waals surface area contributed by atoms with E-state index in [-0.39, 0.29) is 11.9 Å². The number of halogens is 2. The van der Waals surface area contributed by atoms with E-state index in [1.54, 1.807) is 30.3 Å².